The highest BCUT2D eigenvalue weighted by atomic mass is 32.2. The van der Waals surface area contributed by atoms with Gasteiger partial charge < -0.3 is 21.7 Å². The molecule has 0 aliphatic heterocycles. The first-order chi connectivity index (χ1) is 9.56. The van der Waals surface area contributed by atoms with Gasteiger partial charge in [0, 0.05) is 18.4 Å². The Morgan fingerprint density at radius 2 is 1.95 bits per heavy atom. The zero-order chi connectivity index (χ0) is 15.0. The van der Waals surface area contributed by atoms with Gasteiger partial charge in [0.25, 0.3) is 0 Å². The highest BCUT2D eigenvalue weighted by Crippen LogP contribution is 2.15. The maximum atomic E-state index is 11.9. The Morgan fingerprint density at radius 3 is 2.55 bits per heavy atom. The number of nitrogens with two attached hydrogens (primary N) is 1. The molecule has 1 aromatic carbocycles. The summed E-state index contributed by atoms with van der Waals surface area (Å²) in [6.07, 6.45) is 2.60. The van der Waals surface area contributed by atoms with Gasteiger partial charge >= 0.3 is 6.03 Å². The number of nitrogens with one attached hydrogen (secondary N) is 3. The molecule has 3 amide bonds. The van der Waals surface area contributed by atoms with Crippen LogP contribution in [0.15, 0.2) is 24.3 Å². The number of hydrogen-bond donors (Lipinski definition) is 4. The van der Waals surface area contributed by atoms with Gasteiger partial charge in [-0.25, -0.2) is 4.79 Å². The third-order valence-electron chi connectivity index (χ3n) is 2.58. The van der Waals surface area contributed by atoms with Crippen LogP contribution in [0.25, 0.3) is 0 Å². The van der Waals surface area contributed by atoms with Crippen molar-refractivity contribution in [3.63, 3.8) is 0 Å². The fourth-order valence-electron chi connectivity index (χ4n) is 1.48. The Labute approximate surface area is 122 Å². The molecular weight excluding hydrogens is 276 g/mol. The van der Waals surface area contributed by atoms with Crippen molar-refractivity contribution in [2.75, 3.05) is 29.7 Å². The number of hydrogen-bond acceptors (Lipinski definition) is 4. The number of rotatable bonds is 6. The van der Waals surface area contributed by atoms with Gasteiger partial charge in [0.1, 0.15) is 0 Å². The van der Waals surface area contributed by atoms with Crippen molar-refractivity contribution in [1.29, 1.82) is 0 Å². The van der Waals surface area contributed by atoms with E-state index in [4.69, 9.17) is 5.73 Å². The first-order valence-electron chi connectivity index (χ1n) is 6.21. The van der Waals surface area contributed by atoms with Crippen molar-refractivity contribution in [3.05, 3.63) is 24.3 Å². The molecule has 6 nitrogen and oxygen atoms in total. The largest absolute Gasteiger partial charge is 0.341 e. The molecule has 0 aliphatic rings. The molecule has 0 heterocycles. The Morgan fingerprint density at radius 1 is 1.30 bits per heavy atom. The minimum Gasteiger partial charge on any atom is -0.341 e. The van der Waals surface area contributed by atoms with Gasteiger partial charge in [0.05, 0.1) is 6.04 Å². The predicted octanol–water partition coefficient (Wildman–Crippen LogP) is 1.46. The third-order valence-corrected chi connectivity index (χ3v) is 3.23. The zero-order valence-electron chi connectivity index (χ0n) is 11.6. The lowest BCUT2D eigenvalue weighted by Crippen LogP contribution is -2.36. The summed E-state index contributed by atoms with van der Waals surface area (Å²) >= 11 is 1.65. The molecule has 0 bridgehead atoms. The van der Waals surface area contributed by atoms with Gasteiger partial charge in [-0.05, 0) is 36.6 Å². The standard InChI is InChI=1S/C13H20N4O2S/c1-15-13(19)17-10-5-3-4-9(8-10)16-12(18)11(14)6-7-20-2/h3-5,8,11H,6-7,14H2,1-2H3,(H,16,18)(H2,15,17,19)/t11-/m0/s1. The fraction of sp³-hybridized carbons (Fsp3) is 0.385. The summed E-state index contributed by atoms with van der Waals surface area (Å²) in [6.45, 7) is 0. The van der Waals surface area contributed by atoms with E-state index >= 15 is 0 Å². The fourth-order valence-corrected chi connectivity index (χ4v) is 1.97. The molecule has 0 aromatic heterocycles. The van der Waals surface area contributed by atoms with Crippen LogP contribution in [0.2, 0.25) is 0 Å². The van der Waals surface area contributed by atoms with Crippen LogP contribution < -0.4 is 21.7 Å². The molecule has 1 aromatic rings. The van der Waals surface area contributed by atoms with E-state index in [0.717, 1.165) is 5.75 Å². The van der Waals surface area contributed by atoms with E-state index in [0.29, 0.717) is 17.8 Å². The van der Waals surface area contributed by atoms with E-state index in [-0.39, 0.29) is 11.9 Å². The summed E-state index contributed by atoms with van der Waals surface area (Å²) < 4.78 is 0. The SMILES string of the molecule is CNC(=O)Nc1cccc(NC(=O)[C@@H](N)CCSC)c1. The van der Waals surface area contributed by atoms with E-state index < -0.39 is 6.04 Å². The van der Waals surface area contributed by atoms with Crippen LogP contribution in [0.4, 0.5) is 16.2 Å². The molecule has 0 unspecified atom stereocenters. The average molecular weight is 296 g/mol. The number of anilines is 2. The van der Waals surface area contributed by atoms with Crippen molar-refractivity contribution in [2.24, 2.45) is 5.73 Å². The van der Waals surface area contributed by atoms with Crippen molar-refractivity contribution < 1.29 is 9.59 Å². The molecule has 0 radical (unpaired) electrons. The number of amides is 3. The van der Waals surface area contributed by atoms with Gasteiger partial charge in [-0.1, -0.05) is 6.07 Å². The summed E-state index contributed by atoms with van der Waals surface area (Å²) in [7, 11) is 1.53. The second kappa shape index (κ2) is 8.44. The number of benzene rings is 1. The smallest absolute Gasteiger partial charge is 0.318 e. The van der Waals surface area contributed by atoms with E-state index in [1.165, 1.54) is 7.05 Å². The quantitative estimate of drug-likeness (QED) is 0.639. The van der Waals surface area contributed by atoms with E-state index in [1.54, 1.807) is 36.0 Å². The van der Waals surface area contributed by atoms with Crippen LogP contribution in [0.5, 0.6) is 0 Å². The van der Waals surface area contributed by atoms with Crippen molar-refractivity contribution in [1.82, 2.24) is 5.32 Å². The number of urea groups is 1. The lowest BCUT2D eigenvalue weighted by atomic mass is 10.2. The van der Waals surface area contributed by atoms with Crippen LogP contribution in [0.3, 0.4) is 0 Å². The van der Waals surface area contributed by atoms with Crippen molar-refractivity contribution >= 4 is 35.1 Å². The Hall–Kier alpha value is -1.73. The third kappa shape index (κ3) is 5.50. The van der Waals surface area contributed by atoms with E-state index in [2.05, 4.69) is 16.0 Å². The maximum Gasteiger partial charge on any atom is 0.318 e. The molecule has 110 valence electrons. The molecule has 1 rings (SSSR count). The summed E-state index contributed by atoms with van der Waals surface area (Å²) in [6, 6.07) is 6.05. The van der Waals surface area contributed by atoms with E-state index in [1.807, 2.05) is 6.26 Å². The van der Waals surface area contributed by atoms with Crippen molar-refractivity contribution in [3.8, 4) is 0 Å². The monoisotopic (exact) mass is 296 g/mol. The number of carbonyl (C=O) groups excluding carboxylic acids is 2. The van der Waals surface area contributed by atoms with Gasteiger partial charge in [0.15, 0.2) is 0 Å². The molecule has 0 spiro atoms. The van der Waals surface area contributed by atoms with Gasteiger partial charge in [0.2, 0.25) is 5.91 Å². The first kappa shape index (κ1) is 16.3. The molecule has 20 heavy (non-hydrogen) atoms. The molecular formula is C13H20N4O2S. The van der Waals surface area contributed by atoms with E-state index in [9.17, 15) is 9.59 Å². The molecule has 0 fully saturated rings. The highest BCUT2D eigenvalue weighted by Gasteiger charge is 2.13. The normalized spacial score (nSPS) is 11.6. The van der Waals surface area contributed by atoms with Crippen LogP contribution in [-0.2, 0) is 4.79 Å². The molecule has 0 saturated heterocycles. The summed E-state index contributed by atoms with van der Waals surface area (Å²) in [5.74, 6) is 0.614. The Kier molecular flexibility index (Phi) is 6.89. The topological polar surface area (TPSA) is 96.2 Å². The van der Waals surface area contributed by atoms with Crippen LogP contribution in [0.1, 0.15) is 6.42 Å². The number of carbonyl (C=O) groups is 2. The minimum atomic E-state index is -0.530. The summed E-state index contributed by atoms with van der Waals surface area (Å²) in [5.41, 5.74) is 6.98. The second-order valence-electron chi connectivity index (χ2n) is 4.16. The predicted molar refractivity (Wildman–Crippen MR) is 84.1 cm³/mol. The van der Waals surface area contributed by atoms with Crippen LogP contribution in [0, 0.1) is 0 Å². The zero-order valence-corrected chi connectivity index (χ0v) is 12.4. The highest BCUT2D eigenvalue weighted by molar-refractivity contribution is 7.98. The van der Waals surface area contributed by atoms with Crippen LogP contribution in [-0.4, -0.2) is 37.0 Å². The minimum absolute atomic E-state index is 0.226. The Balaban J connectivity index is 2.61. The lowest BCUT2D eigenvalue weighted by molar-refractivity contribution is -0.117. The molecule has 1 atom stereocenters. The lowest BCUT2D eigenvalue weighted by Gasteiger charge is -2.12. The van der Waals surface area contributed by atoms with Crippen LogP contribution >= 0.6 is 11.8 Å². The first-order valence-corrected chi connectivity index (χ1v) is 7.60. The Bertz CT molecular complexity index is 467. The maximum absolute atomic E-state index is 11.9. The van der Waals surface area contributed by atoms with Crippen molar-refractivity contribution in [2.45, 2.75) is 12.5 Å². The van der Waals surface area contributed by atoms with Gasteiger partial charge in [-0.2, -0.15) is 11.8 Å². The number of thioether (sulfide) groups is 1. The van der Waals surface area contributed by atoms with Gasteiger partial charge in [-0.3, -0.25) is 4.79 Å². The average Bonchev–Trinajstić information content (AvgIpc) is 2.44. The summed E-state index contributed by atoms with van der Waals surface area (Å²) in [5, 5.41) is 7.83. The summed E-state index contributed by atoms with van der Waals surface area (Å²) in [4.78, 5) is 23.1. The second-order valence-corrected chi connectivity index (χ2v) is 5.15. The molecule has 0 saturated carbocycles. The van der Waals surface area contributed by atoms with Gasteiger partial charge in [-0.15, -0.1) is 0 Å². The molecule has 5 N–H and O–H groups in total. The molecule has 0 aliphatic carbocycles. The molecule has 7 heteroatoms.